The molecule has 1 aliphatic rings. The maximum absolute atomic E-state index is 6.28. The third-order valence-electron chi connectivity index (χ3n) is 3.80. The zero-order chi connectivity index (χ0) is 13.2. The van der Waals surface area contributed by atoms with Crippen LogP contribution < -0.4 is 0 Å². The number of hydrogen-bond donors (Lipinski definition) is 1. The predicted molar refractivity (Wildman–Crippen MR) is 82.4 cm³/mol. The summed E-state index contributed by atoms with van der Waals surface area (Å²) in [4.78, 5) is 5.75. The summed E-state index contributed by atoms with van der Waals surface area (Å²) in [5, 5.41) is 0.769. The van der Waals surface area contributed by atoms with Crippen LogP contribution in [-0.4, -0.2) is 34.1 Å². The van der Waals surface area contributed by atoms with Crippen LogP contribution in [0.4, 0.5) is 0 Å². The number of benzene rings is 1. The number of aromatic nitrogens is 2. The normalized spacial score (nSPS) is 16.5. The number of imidazole rings is 1. The predicted octanol–water partition coefficient (Wildman–Crippen LogP) is 3.84. The van der Waals surface area contributed by atoms with Crippen LogP contribution in [0.15, 0.2) is 18.2 Å². The van der Waals surface area contributed by atoms with Crippen molar-refractivity contribution in [1.82, 2.24) is 14.5 Å². The lowest BCUT2D eigenvalue weighted by Crippen LogP contribution is -2.21. The number of halogens is 1. The van der Waals surface area contributed by atoms with Gasteiger partial charge in [0.1, 0.15) is 0 Å². The van der Waals surface area contributed by atoms with Gasteiger partial charge in [-0.2, -0.15) is 0 Å². The Bertz CT molecular complexity index is 625. The van der Waals surface area contributed by atoms with Crippen molar-refractivity contribution in [3.8, 4) is 0 Å². The van der Waals surface area contributed by atoms with Crippen molar-refractivity contribution in [2.75, 3.05) is 19.6 Å². The van der Waals surface area contributed by atoms with E-state index in [1.807, 2.05) is 18.2 Å². The van der Waals surface area contributed by atoms with Crippen molar-refractivity contribution in [1.29, 1.82) is 0 Å². The van der Waals surface area contributed by atoms with Crippen LogP contribution in [0.25, 0.3) is 11.0 Å². The van der Waals surface area contributed by atoms with Crippen molar-refractivity contribution < 1.29 is 0 Å². The van der Waals surface area contributed by atoms with E-state index in [1.165, 1.54) is 25.9 Å². The molecule has 1 fully saturated rings. The highest BCUT2D eigenvalue weighted by Gasteiger charge is 2.12. The van der Waals surface area contributed by atoms with Gasteiger partial charge in [-0.3, -0.25) is 0 Å². The van der Waals surface area contributed by atoms with Crippen molar-refractivity contribution in [3.05, 3.63) is 28.0 Å². The largest absolute Gasteiger partial charge is 0.331 e. The van der Waals surface area contributed by atoms with Crippen LogP contribution in [0.5, 0.6) is 0 Å². The summed E-state index contributed by atoms with van der Waals surface area (Å²) >= 11 is 11.7. The fourth-order valence-electron chi connectivity index (χ4n) is 2.85. The molecule has 0 amide bonds. The Balaban J connectivity index is 1.76. The van der Waals surface area contributed by atoms with E-state index in [2.05, 4.69) is 14.5 Å². The summed E-state index contributed by atoms with van der Waals surface area (Å²) < 4.78 is 2.90. The molecule has 2 heterocycles. The average molecular weight is 296 g/mol. The molecular formula is C14H18ClN3S. The highest BCUT2D eigenvalue weighted by Crippen LogP contribution is 2.23. The minimum atomic E-state index is 0.768. The fourth-order valence-corrected chi connectivity index (χ4v) is 3.42. The number of rotatable bonds is 4. The number of likely N-dealkylation sites (tertiary alicyclic amines) is 1. The highest BCUT2D eigenvalue weighted by atomic mass is 35.5. The number of aromatic amines is 1. The Labute approximate surface area is 123 Å². The molecule has 2 aromatic rings. The number of aryl methyl sites for hydroxylation is 1. The Morgan fingerprint density at radius 3 is 2.79 bits per heavy atom. The number of nitrogens with one attached hydrogen (secondary N) is 1. The van der Waals surface area contributed by atoms with Gasteiger partial charge in [-0.25, -0.2) is 0 Å². The van der Waals surface area contributed by atoms with Gasteiger partial charge in [0.15, 0.2) is 4.77 Å². The smallest absolute Gasteiger partial charge is 0.178 e. The van der Waals surface area contributed by atoms with Crippen LogP contribution in [0.1, 0.15) is 19.3 Å². The summed E-state index contributed by atoms with van der Waals surface area (Å²) in [6, 6.07) is 5.89. The molecule has 1 aromatic carbocycles. The van der Waals surface area contributed by atoms with Gasteiger partial charge in [0, 0.05) is 6.54 Å². The first-order valence-corrected chi connectivity index (χ1v) is 7.64. The van der Waals surface area contributed by atoms with Crippen LogP contribution >= 0.6 is 23.8 Å². The Morgan fingerprint density at radius 1 is 1.21 bits per heavy atom. The molecule has 3 nitrogen and oxygen atoms in total. The maximum atomic E-state index is 6.28. The van der Waals surface area contributed by atoms with Crippen LogP contribution in [0.3, 0.4) is 0 Å². The second kappa shape index (κ2) is 5.65. The summed E-state index contributed by atoms with van der Waals surface area (Å²) in [6.07, 6.45) is 3.81. The summed E-state index contributed by atoms with van der Waals surface area (Å²) in [7, 11) is 0. The van der Waals surface area contributed by atoms with Crippen molar-refractivity contribution in [2.24, 2.45) is 0 Å². The molecule has 5 heteroatoms. The van der Waals surface area contributed by atoms with Crippen molar-refractivity contribution >= 4 is 34.9 Å². The Morgan fingerprint density at radius 2 is 2.00 bits per heavy atom. The molecule has 0 aliphatic carbocycles. The van der Waals surface area contributed by atoms with E-state index in [0.29, 0.717) is 0 Å². The number of nitrogens with zero attached hydrogens (tertiary/aromatic N) is 2. The first-order chi connectivity index (χ1) is 9.25. The van der Waals surface area contributed by atoms with E-state index in [1.54, 1.807) is 0 Å². The molecule has 3 rings (SSSR count). The first kappa shape index (κ1) is 13.2. The molecule has 0 atom stereocenters. The van der Waals surface area contributed by atoms with Crippen molar-refractivity contribution in [3.63, 3.8) is 0 Å². The molecule has 0 radical (unpaired) electrons. The molecule has 102 valence electrons. The van der Waals surface area contributed by atoms with E-state index in [0.717, 1.165) is 40.3 Å². The first-order valence-electron chi connectivity index (χ1n) is 6.85. The van der Waals surface area contributed by atoms with Gasteiger partial charge in [-0.15, -0.1) is 0 Å². The highest BCUT2D eigenvalue weighted by molar-refractivity contribution is 7.71. The SMILES string of the molecule is S=c1[nH]c2cccc(Cl)c2n1CCCN1CCCC1. The molecule has 1 N–H and O–H groups in total. The van der Waals surface area contributed by atoms with Gasteiger partial charge in [0.2, 0.25) is 0 Å². The summed E-state index contributed by atoms with van der Waals surface area (Å²) in [5.74, 6) is 0. The van der Waals surface area contributed by atoms with Gasteiger partial charge < -0.3 is 14.5 Å². The fraction of sp³-hybridized carbons (Fsp3) is 0.500. The monoisotopic (exact) mass is 295 g/mol. The lowest BCUT2D eigenvalue weighted by molar-refractivity contribution is 0.326. The molecule has 1 saturated heterocycles. The second-order valence-corrected chi connectivity index (χ2v) is 5.91. The third kappa shape index (κ3) is 2.71. The van der Waals surface area contributed by atoms with Crippen LogP contribution in [0.2, 0.25) is 5.02 Å². The summed E-state index contributed by atoms with van der Waals surface area (Å²) in [6.45, 7) is 4.58. The maximum Gasteiger partial charge on any atom is 0.178 e. The Hall–Kier alpha value is -0.840. The molecule has 19 heavy (non-hydrogen) atoms. The van der Waals surface area contributed by atoms with Gasteiger partial charge in [0.25, 0.3) is 0 Å². The zero-order valence-electron chi connectivity index (χ0n) is 10.9. The zero-order valence-corrected chi connectivity index (χ0v) is 12.4. The lowest BCUT2D eigenvalue weighted by Gasteiger charge is -2.14. The molecule has 0 unspecified atom stereocenters. The molecule has 0 spiro atoms. The number of hydrogen-bond acceptors (Lipinski definition) is 2. The van der Waals surface area contributed by atoms with Gasteiger partial charge in [-0.1, -0.05) is 17.7 Å². The van der Waals surface area contributed by atoms with Gasteiger partial charge in [-0.05, 0) is 63.2 Å². The van der Waals surface area contributed by atoms with E-state index in [9.17, 15) is 0 Å². The van der Waals surface area contributed by atoms with E-state index < -0.39 is 0 Å². The molecule has 0 bridgehead atoms. The topological polar surface area (TPSA) is 24.0 Å². The second-order valence-electron chi connectivity index (χ2n) is 5.12. The van der Waals surface area contributed by atoms with E-state index in [4.69, 9.17) is 23.8 Å². The molecule has 0 saturated carbocycles. The Kier molecular flexibility index (Phi) is 3.91. The lowest BCUT2D eigenvalue weighted by atomic mass is 10.3. The van der Waals surface area contributed by atoms with Gasteiger partial charge >= 0.3 is 0 Å². The summed E-state index contributed by atoms with van der Waals surface area (Å²) in [5.41, 5.74) is 2.06. The van der Waals surface area contributed by atoms with Crippen LogP contribution in [0, 0.1) is 4.77 Å². The minimum Gasteiger partial charge on any atom is -0.331 e. The van der Waals surface area contributed by atoms with Gasteiger partial charge in [0.05, 0.1) is 16.1 Å². The molecule has 1 aliphatic heterocycles. The number of fused-ring (bicyclic) bond motifs is 1. The number of para-hydroxylation sites is 1. The number of H-pyrrole nitrogens is 1. The average Bonchev–Trinajstić information content (AvgIpc) is 2.99. The van der Waals surface area contributed by atoms with Crippen molar-refractivity contribution in [2.45, 2.75) is 25.8 Å². The standard InChI is InChI=1S/C14H18ClN3S/c15-11-5-3-6-12-13(11)18(14(19)16-12)10-4-9-17-7-1-2-8-17/h3,5-6H,1-2,4,7-10H2,(H,16,19). The molecular weight excluding hydrogens is 278 g/mol. The minimum absolute atomic E-state index is 0.768. The quantitative estimate of drug-likeness (QED) is 0.867. The van der Waals surface area contributed by atoms with E-state index >= 15 is 0 Å². The van der Waals surface area contributed by atoms with Crippen LogP contribution in [-0.2, 0) is 6.54 Å². The third-order valence-corrected chi connectivity index (χ3v) is 4.43. The molecule has 1 aromatic heterocycles. The van der Waals surface area contributed by atoms with E-state index in [-0.39, 0.29) is 0 Å².